The fourth-order valence-corrected chi connectivity index (χ4v) is 4.80. The molecule has 3 heterocycles. The van der Waals surface area contributed by atoms with E-state index in [1.165, 1.54) is 35.2 Å². The van der Waals surface area contributed by atoms with Gasteiger partial charge >= 0.3 is 12.0 Å². The van der Waals surface area contributed by atoms with Crippen LogP contribution in [0.25, 0.3) is 10.4 Å². The Kier molecular flexibility index (Phi) is 6.04. The van der Waals surface area contributed by atoms with Crippen molar-refractivity contribution in [1.29, 1.82) is 0 Å². The Morgan fingerprint density at radius 2 is 2.00 bits per heavy atom. The minimum atomic E-state index is -1.07. The quantitative estimate of drug-likeness (QED) is 0.474. The zero-order chi connectivity index (χ0) is 21.1. The molecule has 0 aliphatic carbocycles. The predicted molar refractivity (Wildman–Crippen MR) is 113 cm³/mol. The molecule has 3 aromatic rings. The molecule has 0 fully saturated rings. The van der Waals surface area contributed by atoms with Gasteiger partial charge in [0.25, 0.3) is 5.56 Å². The van der Waals surface area contributed by atoms with Crippen molar-refractivity contribution in [1.82, 2.24) is 9.88 Å². The molecule has 0 aliphatic heterocycles. The molecule has 1 atom stereocenters. The molecular weight excluding hydrogens is 414 g/mol. The highest BCUT2D eigenvalue weighted by atomic mass is 32.1. The van der Waals surface area contributed by atoms with Gasteiger partial charge in [-0.15, -0.1) is 11.3 Å². The summed E-state index contributed by atoms with van der Waals surface area (Å²) >= 11 is 2.98. The minimum absolute atomic E-state index is 0.276. The molecule has 3 rings (SSSR count). The van der Waals surface area contributed by atoms with Gasteiger partial charge in [-0.3, -0.25) is 9.59 Å². The van der Waals surface area contributed by atoms with Crippen molar-refractivity contribution in [2.45, 2.75) is 19.4 Å². The van der Waals surface area contributed by atoms with Crippen LogP contribution in [-0.4, -0.2) is 26.8 Å². The number of aryl methyl sites for hydroxylation is 2. The van der Waals surface area contributed by atoms with Gasteiger partial charge in [0.2, 0.25) is 0 Å². The Labute approximate surface area is 174 Å². The number of pyridine rings is 1. The topological polar surface area (TPSA) is 121 Å². The number of aliphatic carboxylic acids is 1. The van der Waals surface area contributed by atoms with E-state index in [1.807, 2.05) is 23.8 Å². The second kappa shape index (κ2) is 8.50. The number of carboxylic acids is 1. The summed E-state index contributed by atoms with van der Waals surface area (Å²) in [6.45, 7) is 2.00. The number of aromatic nitrogens is 1. The number of amides is 2. The molecule has 2 amide bonds. The van der Waals surface area contributed by atoms with Gasteiger partial charge in [-0.05, 0) is 41.4 Å². The largest absolute Gasteiger partial charge is 0.505 e. The van der Waals surface area contributed by atoms with E-state index < -0.39 is 23.6 Å². The highest BCUT2D eigenvalue weighted by molar-refractivity contribution is 7.16. The molecule has 0 saturated carbocycles. The SMILES string of the molecule is Cc1cscc1-c1ccc([C@H](CC(=O)O)NC(=O)Nc2c(O)ccn(C)c2=O)s1. The Hall–Kier alpha value is -3.11. The van der Waals surface area contributed by atoms with Gasteiger partial charge in [-0.1, -0.05) is 0 Å². The number of thiophene rings is 2. The molecule has 3 aromatic heterocycles. The van der Waals surface area contributed by atoms with Gasteiger partial charge in [0.1, 0.15) is 5.75 Å². The van der Waals surface area contributed by atoms with Gasteiger partial charge in [0, 0.05) is 28.6 Å². The van der Waals surface area contributed by atoms with Crippen molar-refractivity contribution in [3.05, 3.63) is 56.0 Å². The molecule has 0 radical (unpaired) electrons. The lowest BCUT2D eigenvalue weighted by Crippen LogP contribution is -2.35. The fourth-order valence-electron chi connectivity index (χ4n) is 2.74. The highest BCUT2D eigenvalue weighted by Crippen LogP contribution is 2.35. The summed E-state index contributed by atoms with van der Waals surface area (Å²) in [6.07, 6.45) is 1.04. The van der Waals surface area contributed by atoms with Crippen LogP contribution in [0.5, 0.6) is 5.75 Å². The van der Waals surface area contributed by atoms with E-state index in [1.54, 1.807) is 17.4 Å². The van der Waals surface area contributed by atoms with Crippen LogP contribution in [-0.2, 0) is 11.8 Å². The first kappa shape index (κ1) is 20.6. The van der Waals surface area contributed by atoms with Crippen molar-refractivity contribution in [3.8, 4) is 16.2 Å². The van der Waals surface area contributed by atoms with Crippen LogP contribution in [0.1, 0.15) is 22.9 Å². The van der Waals surface area contributed by atoms with Gasteiger partial charge in [-0.2, -0.15) is 11.3 Å². The molecule has 0 aromatic carbocycles. The van der Waals surface area contributed by atoms with E-state index in [0.29, 0.717) is 4.88 Å². The monoisotopic (exact) mass is 433 g/mol. The van der Waals surface area contributed by atoms with Gasteiger partial charge in [-0.25, -0.2) is 4.79 Å². The third-order valence-corrected chi connectivity index (χ3v) is 6.35. The third kappa shape index (κ3) is 4.66. The van der Waals surface area contributed by atoms with Crippen LogP contribution in [0, 0.1) is 6.92 Å². The maximum Gasteiger partial charge on any atom is 0.320 e. The second-order valence-electron chi connectivity index (χ2n) is 6.41. The number of urea groups is 1. The van der Waals surface area contributed by atoms with Gasteiger partial charge in [0.05, 0.1) is 12.5 Å². The number of anilines is 1. The Balaban J connectivity index is 1.82. The molecular formula is C19H19N3O5S2. The number of hydrogen-bond donors (Lipinski definition) is 4. The summed E-state index contributed by atoms with van der Waals surface area (Å²) in [7, 11) is 1.48. The normalized spacial score (nSPS) is 11.8. The van der Waals surface area contributed by atoms with Crippen molar-refractivity contribution < 1.29 is 19.8 Å². The lowest BCUT2D eigenvalue weighted by Gasteiger charge is -2.16. The lowest BCUT2D eigenvalue weighted by molar-refractivity contribution is -0.137. The van der Waals surface area contributed by atoms with Crippen molar-refractivity contribution >= 4 is 40.4 Å². The van der Waals surface area contributed by atoms with Crippen molar-refractivity contribution in [2.24, 2.45) is 7.05 Å². The first-order valence-electron chi connectivity index (χ1n) is 8.57. The van der Waals surface area contributed by atoms with Crippen LogP contribution in [0.2, 0.25) is 0 Å². The van der Waals surface area contributed by atoms with E-state index in [9.17, 15) is 24.6 Å². The van der Waals surface area contributed by atoms with E-state index in [0.717, 1.165) is 16.0 Å². The predicted octanol–water partition coefficient (Wildman–Crippen LogP) is 3.53. The molecule has 29 heavy (non-hydrogen) atoms. The molecule has 0 unspecified atom stereocenters. The first-order chi connectivity index (χ1) is 13.8. The van der Waals surface area contributed by atoms with E-state index in [-0.39, 0.29) is 17.9 Å². The molecule has 0 bridgehead atoms. The molecule has 8 nitrogen and oxygen atoms in total. The molecule has 152 valence electrons. The van der Waals surface area contributed by atoms with Crippen LogP contribution in [0.4, 0.5) is 10.5 Å². The van der Waals surface area contributed by atoms with Crippen LogP contribution in [0.15, 0.2) is 40.0 Å². The van der Waals surface area contributed by atoms with Crippen LogP contribution >= 0.6 is 22.7 Å². The first-order valence-corrected chi connectivity index (χ1v) is 10.3. The van der Waals surface area contributed by atoms with E-state index in [2.05, 4.69) is 10.6 Å². The number of hydrogen-bond acceptors (Lipinski definition) is 6. The number of aromatic hydroxyl groups is 1. The molecule has 0 aliphatic rings. The average Bonchev–Trinajstić information content (AvgIpc) is 3.30. The van der Waals surface area contributed by atoms with Crippen LogP contribution < -0.4 is 16.2 Å². The second-order valence-corrected chi connectivity index (χ2v) is 8.27. The van der Waals surface area contributed by atoms with Gasteiger partial charge < -0.3 is 25.4 Å². The van der Waals surface area contributed by atoms with Crippen LogP contribution in [0.3, 0.4) is 0 Å². The summed E-state index contributed by atoms with van der Waals surface area (Å²) in [6, 6.07) is 3.38. The van der Waals surface area contributed by atoms with Crippen molar-refractivity contribution in [2.75, 3.05) is 5.32 Å². The maximum absolute atomic E-state index is 12.4. The Morgan fingerprint density at radius 1 is 1.24 bits per heavy atom. The Bertz CT molecular complexity index is 1120. The summed E-state index contributed by atoms with van der Waals surface area (Å²) in [5.74, 6) is -1.44. The number of nitrogens with zero attached hydrogens (tertiary/aromatic N) is 1. The molecule has 0 saturated heterocycles. The number of carbonyl (C=O) groups is 2. The third-order valence-electron chi connectivity index (χ3n) is 4.26. The average molecular weight is 434 g/mol. The summed E-state index contributed by atoms with van der Waals surface area (Å²) < 4.78 is 1.21. The number of carboxylic acid groups (broad SMARTS) is 1. The number of nitrogens with one attached hydrogen (secondary N) is 2. The summed E-state index contributed by atoms with van der Waals surface area (Å²) in [4.78, 5) is 37.5. The lowest BCUT2D eigenvalue weighted by atomic mass is 10.1. The summed E-state index contributed by atoms with van der Waals surface area (Å²) in [5.41, 5.74) is 1.34. The Morgan fingerprint density at radius 3 is 2.66 bits per heavy atom. The molecule has 4 N–H and O–H groups in total. The zero-order valence-electron chi connectivity index (χ0n) is 15.6. The maximum atomic E-state index is 12.4. The smallest absolute Gasteiger partial charge is 0.320 e. The van der Waals surface area contributed by atoms with E-state index >= 15 is 0 Å². The highest BCUT2D eigenvalue weighted by Gasteiger charge is 2.22. The van der Waals surface area contributed by atoms with Crippen molar-refractivity contribution in [3.63, 3.8) is 0 Å². The minimum Gasteiger partial charge on any atom is -0.505 e. The fraction of sp³-hybridized carbons (Fsp3) is 0.211. The number of rotatable bonds is 6. The summed E-state index contributed by atoms with van der Waals surface area (Å²) in [5, 5.41) is 28.0. The van der Waals surface area contributed by atoms with Gasteiger partial charge in [0.15, 0.2) is 5.69 Å². The molecule has 0 spiro atoms. The molecule has 10 heteroatoms. The zero-order valence-corrected chi connectivity index (χ0v) is 17.3. The van der Waals surface area contributed by atoms with E-state index in [4.69, 9.17) is 0 Å². The number of carbonyl (C=O) groups excluding carboxylic acids is 1. The standard InChI is InChI=1S/C19H19N3O5S2/c1-10-8-28-9-11(10)14-3-4-15(29-14)12(7-16(24)25)20-19(27)21-17-13(23)5-6-22(2)18(17)26/h3-6,8-9,12,23H,7H2,1-2H3,(H,24,25)(H2,20,21,27)/t12-/m0/s1.